The number of benzene rings is 1. The van der Waals surface area contributed by atoms with Gasteiger partial charge in [0.25, 0.3) is 6.01 Å². The molecule has 16 heavy (non-hydrogen) atoms. The number of halogens is 1. The number of Topliss-reactive ketones (excluding diaryl/α,β-unsaturated/α-hetero) is 1. The molecule has 5 heteroatoms. The molecule has 1 aromatic heterocycles. The molecule has 2 N–H and O–H groups in total. The van der Waals surface area contributed by atoms with Gasteiger partial charge in [-0.3, -0.25) is 4.79 Å². The van der Waals surface area contributed by atoms with Gasteiger partial charge in [0.1, 0.15) is 5.69 Å². The van der Waals surface area contributed by atoms with E-state index in [4.69, 9.17) is 10.2 Å². The van der Waals surface area contributed by atoms with E-state index in [1.807, 2.05) is 24.3 Å². The van der Waals surface area contributed by atoms with E-state index in [1.54, 1.807) is 0 Å². The van der Waals surface area contributed by atoms with Crippen molar-refractivity contribution >= 4 is 27.7 Å². The predicted octanol–water partition coefficient (Wildman–Crippen LogP) is 2.89. The third-order valence-electron chi connectivity index (χ3n) is 2.06. The largest absolute Gasteiger partial charge is 0.420 e. The van der Waals surface area contributed by atoms with Crippen LogP contribution in [-0.4, -0.2) is 10.8 Å². The molecule has 0 spiro atoms. The van der Waals surface area contributed by atoms with Crippen LogP contribution in [0.1, 0.15) is 17.5 Å². The Kier molecular flexibility index (Phi) is 2.78. The summed E-state index contributed by atoms with van der Waals surface area (Å²) < 4.78 is 5.98. The minimum atomic E-state index is -0.195. The Labute approximate surface area is 101 Å². The average molecular weight is 281 g/mol. The van der Waals surface area contributed by atoms with Crippen molar-refractivity contribution in [2.24, 2.45) is 0 Å². The highest BCUT2D eigenvalue weighted by atomic mass is 79.9. The Morgan fingerprint density at radius 1 is 1.50 bits per heavy atom. The second kappa shape index (κ2) is 4.09. The van der Waals surface area contributed by atoms with Gasteiger partial charge < -0.3 is 10.2 Å². The van der Waals surface area contributed by atoms with Crippen LogP contribution in [0.3, 0.4) is 0 Å². The summed E-state index contributed by atoms with van der Waals surface area (Å²) in [5.74, 6) is -0.00484. The van der Waals surface area contributed by atoms with Crippen LogP contribution in [0.25, 0.3) is 11.3 Å². The highest BCUT2D eigenvalue weighted by Gasteiger charge is 2.17. The van der Waals surface area contributed by atoms with Gasteiger partial charge in [-0.15, -0.1) is 0 Å². The van der Waals surface area contributed by atoms with E-state index in [0.29, 0.717) is 5.69 Å². The maximum atomic E-state index is 11.3. The number of carbonyl (C=O) groups is 1. The zero-order valence-electron chi connectivity index (χ0n) is 8.53. The molecule has 82 valence electrons. The molecule has 0 saturated carbocycles. The van der Waals surface area contributed by atoms with Gasteiger partial charge in [0.15, 0.2) is 11.5 Å². The van der Waals surface area contributed by atoms with E-state index in [1.165, 1.54) is 6.92 Å². The van der Waals surface area contributed by atoms with Gasteiger partial charge in [0.05, 0.1) is 0 Å². The molecule has 0 radical (unpaired) electrons. The van der Waals surface area contributed by atoms with Gasteiger partial charge in [0.2, 0.25) is 0 Å². The van der Waals surface area contributed by atoms with Crippen molar-refractivity contribution in [3.8, 4) is 11.3 Å². The summed E-state index contributed by atoms with van der Waals surface area (Å²) in [6.45, 7) is 1.42. The normalized spacial score (nSPS) is 10.4. The molecule has 0 bridgehead atoms. The fourth-order valence-corrected chi connectivity index (χ4v) is 1.81. The first-order chi connectivity index (χ1) is 7.58. The number of nitrogens with zero attached hydrogens (tertiary/aromatic N) is 1. The van der Waals surface area contributed by atoms with Crippen molar-refractivity contribution in [2.45, 2.75) is 6.92 Å². The lowest BCUT2D eigenvalue weighted by Crippen LogP contribution is -1.92. The molecule has 1 heterocycles. The van der Waals surface area contributed by atoms with Crippen molar-refractivity contribution in [1.29, 1.82) is 0 Å². The third-order valence-corrected chi connectivity index (χ3v) is 2.55. The van der Waals surface area contributed by atoms with E-state index in [2.05, 4.69) is 20.9 Å². The standard InChI is InChI=1S/C11H9BrN2O2/c1-6(15)10-9(14-11(13)16-10)7-3-2-4-8(12)5-7/h2-5H,1H3,(H2,13,14). The lowest BCUT2D eigenvalue weighted by Gasteiger charge is -1.98. The van der Waals surface area contributed by atoms with Gasteiger partial charge in [-0.2, -0.15) is 4.98 Å². The molecule has 2 aromatic rings. The van der Waals surface area contributed by atoms with Gasteiger partial charge in [-0.1, -0.05) is 28.1 Å². The second-order valence-corrected chi connectivity index (χ2v) is 4.21. The third kappa shape index (κ3) is 1.99. The molecule has 0 aliphatic rings. The SMILES string of the molecule is CC(=O)c1oc(N)nc1-c1cccc(Br)c1. The first-order valence-electron chi connectivity index (χ1n) is 4.61. The molecular formula is C11H9BrN2O2. The highest BCUT2D eigenvalue weighted by molar-refractivity contribution is 9.10. The number of ketones is 1. The Hall–Kier alpha value is -1.62. The number of carbonyl (C=O) groups excluding carboxylic acids is 1. The molecule has 2 rings (SSSR count). The van der Waals surface area contributed by atoms with Crippen LogP contribution >= 0.6 is 15.9 Å². The molecule has 1 aromatic carbocycles. The monoisotopic (exact) mass is 280 g/mol. The van der Waals surface area contributed by atoms with Crippen molar-refractivity contribution in [3.05, 3.63) is 34.5 Å². The van der Waals surface area contributed by atoms with Gasteiger partial charge in [-0.05, 0) is 12.1 Å². The van der Waals surface area contributed by atoms with E-state index in [0.717, 1.165) is 10.0 Å². The number of anilines is 1. The van der Waals surface area contributed by atoms with Crippen molar-refractivity contribution in [3.63, 3.8) is 0 Å². The molecule has 0 aliphatic carbocycles. The predicted molar refractivity (Wildman–Crippen MR) is 64.1 cm³/mol. The molecule has 0 saturated heterocycles. The minimum absolute atomic E-state index is 0.000163. The fraction of sp³-hybridized carbons (Fsp3) is 0.0909. The van der Waals surface area contributed by atoms with E-state index in [-0.39, 0.29) is 17.6 Å². The zero-order valence-corrected chi connectivity index (χ0v) is 10.1. The average Bonchev–Trinajstić information content (AvgIpc) is 2.60. The Balaban J connectivity index is 2.59. The molecule has 0 atom stereocenters. The van der Waals surface area contributed by atoms with Crippen LogP contribution < -0.4 is 5.73 Å². The molecule has 4 nitrogen and oxygen atoms in total. The van der Waals surface area contributed by atoms with Gasteiger partial charge >= 0.3 is 0 Å². The first kappa shape index (κ1) is 10.9. The Bertz CT molecular complexity index is 549. The summed E-state index contributed by atoms with van der Waals surface area (Å²) in [5, 5.41) is 0. The topological polar surface area (TPSA) is 69.1 Å². The van der Waals surface area contributed by atoms with Crippen LogP contribution in [0.4, 0.5) is 6.01 Å². The first-order valence-corrected chi connectivity index (χ1v) is 5.40. The molecule has 0 fully saturated rings. The summed E-state index contributed by atoms with van der Waals surface area (Å²) in [6, 6.07) is 7.44. The van der Waals surface area contributed by atoms with E-state index >= 15 is 0 Å². The van der Waals surface area contributed by atoms with Crippen molar-refractivity contribution in [2.75, 3.05) is 5.73 Å². The molecule has 0 aliphatic heterocycles. The summed E-state index contributed by atoms with van der Waals surface area (Å²) in [6.07, 6.45) is 0. The number of aromatic nitrogens is 1. The highest BCUT2D eigenvalue weighted by Crippen LogP contribution is 2.27. The lowest BCUT2D eigenvalue weighted by atomic mass is 10.1. The summed E-state index contributed by atoms with van der Waals surface area (Å²) >= 11 is 3.35. The van der Waals surface area contributed by atoms with Crippen LogP contribution in [0.15, 0.2) is 33.2 Å². The quantitative estimate of drug-likeness (QED) is 0.859. The molecular weight excluding hydrogens is 272 g/mol. The van der Waals surface area contributed by atoms with Crippen LogP contribution in [0, 0.1) is 0 Å². The maximum Gasteiger partial charge on any atom is 0.293 e. The van der Waals surface area contributed by atoms with Crippen LogP contribution in [-0.2, 0) is 0 Å². The van der Waals surface area contributed by atoms with Gasteiger partial charge in [-0.25, -0.2) is 0 Å². The number of rotatable bonds is 2. The number of oxazole rings is 1. The number of hydrogen-bond acceptors (Lipinski definition) is 4. The number of hydrogen-bond donors (Lipinski definition) is 1. The molecule has 0 unspecified atom stereocenters. The Morgan fingerprint density at radius 2 is 2.25 bits per heavy atom. The number of nitrogens with two attached hydrogens (primary N) is 1. The van der Waals surface area contributed by atoms with Gasteiger partial charge in [0, 0.05) is 17.0 Å². The van der Waals surface area contributed by atoms with Crippen LogP contribution in [0.2, 0.25) is 0 Å². The van der Waals surface area contributed by atoms with Crippen molar-refractivity contribution < 1.29 is 9.21 Å². The smallest absolute Gasteiger partial charge is 0.293 e. The van der Waals surface area contributed by atoms with E-state index < -0.39 is 0 Å². The summed E-state index contributed by atoms with van der Waals surface area (Å²) in [7, 11) is 0. The lowest BCUT2D eigenvalue weighted by molar-refractivity contribution is 0.0989. The maximum absolute atomic E-state index is 11.3. The summed E-state index contributed by atoms with van der Waals surface area (Å²) in [4.78, 5) is 15.3. The minimum Gasteiger partial charge on any atom is -0.420 e. The Morgan fingerprint density at radius 3 is 2.88 bits per heavy atom. The molecule has 0 amide bonds. The second-order valence-electron chi connectivity index (χ2n) is 3.30. The number of nitrogen functional groups attached to an aromatic ring is 1. The van der Waals surface area contributed by atoms with E-state index in [9.17, 15) is 4.79 Å². The van der Waals surface area contributed by atoms with Crippen LogP contribution in [0.5, 0.6) is 0 Å². The van der Waals surface area contributed by atoms with Crippen molar-refractivity contribution in [1.82, 2.24) is 4.98 Å². The summed E-state index contributed by atoms with van der Waals surface area (Å²) in [5.41, 5.74) is 6.72. The zero-order chi connectivity index (χ0) is 11.7. The fourth-order valence-electron chi connectivity index (χ4n) is 1.41.